The van der Waals surface area contributed by atoms with Crippen molar-refractivity contribution in [3.8, 4) is 0 Å². The largest absolute Gasteiger partial charge is 0.508 e. The normalized spacial score (nSPS) is 14.3. The maximum atomic E-state index is 14.3. The average Bonchev–Trinajstić information content (AvgIpc) is 2.42. The average molecular weight is 431 g/mol. The lowest BCUT2D eigenvalue weighted by atomic mass is 10.1. The molecular formula is C14H18BrF2O6P. The molecule has 0 spiro atoms. The van der Waals surface area contributed by atoms with E-state index < -0.39 is 44.3 Å². The summed E-state index contributed by atoms with van der Waals surface area (Å²) in [6.45, 7) is 3.70. The van der Waals surface area contributed by atoms with E-state index in [9.17, 15) is 23.0 Å². The highest BCUT2D eigenvalue weighted by molar-refractivity contribution is 9.10. The minimum atomic E-state index is -5.34. The van der Waals surface area contributed by atoms with Gasteiger partial charge in [0.25, 0.3) is 0 Å². The standard InChI is InChI=1S/C14H18BrF2O6P/c1-9(2)23-13(18)21-6-7-22-24(19,20)14(16,17)11-5-4-10(3)8-12(11)15/h4-5,8-9H,6-7H2,1-3H3,(H,19,20). The van der Waals surface area contributed by atoms with Gasteiger partial charge >= 0.3 is 19.4 Å². The van der Waals surface area contributed by atoms with Gasteiger partial charge in [-0.2, -0.15) is 8.78 Å². The Bertz CT molecular complexity index is 638. The number of hydrogen-bond donors (Lipinski definition) is 1. The lowest BCUT2D eigenvalue weighted by Gasteiger charge is -2.23. The van der Waals surface area contributed by atoms with Crippen LogP contribution in [0.3, 0.4) is 0 Å². The molecule has 1 unspecified atom stereocenters. The quantitative estimate of drug-likeness (QED) is 0.387. The van der Waals surface area contributed by atoms with E-state index in [0.29, 0.717) is 5.56 Å². The van der Waals surface area contributed by atoms with Crippen molar-refractivity contribution in [2.75, 3.05) is 13.2 Å². The summed E-state index contributed by atoms with van der Waals surface area (Å²) in [5, 5.41) is 0. The second kappa shape index (κ2) is 8.38. The molecule has 1 aromatic carbocycles. The number of ether oxygens (including phenoxy) is 2. The zero-order valence-corrected chi connectivity index (χ0v) is 15.8. The van der Waals surface area contributed by atoms with Crippen LogP contribution in [0, 0.1) is 6.92 Å². The lowest BCUT2D eigenvalue weighted by Crippen LogP contribution is -2.19. The second-order valence-corrected chi connectivity index (χ2v) is 7.86. The molecule has 0 aliphatic heterocycles. The minimum Gasteiger partial charge on any atom is -0.432 e. The van der Waals surface area contributed by atoms with E-state index in [1.165, 1.54) is 12.1 Å². The summed E-state index contributed by atoms with van der Waals surface area (Å²) < 4.78 is 54.0. The summed E-state index contributed by atoms with van der Waals surface area (Å²) in [5.74, 6) is 0. The molecule has 1 atom stereocenters. The third-order valence-electron chi connectivity index (χ3n) is 2.70. The van der Waals surface area contributed by atoms with E-state index in [-0.39, 0.29) is 4.47 Å². The molecule has 24 heavy (non-hydrogen) atoms. The number of rotatable bonds is 7. The van der Waals surface area contributed by atoms with Gasteiger partial charge in [-0.05, 0) is 32.4 Å². The first-order chi connectivity index (χ1) is 11.0. The number of alkyl halides is 2. The highest BCUT2D eigenvalue weighted by Crippen LogP contribution is 2.64. The number of hydrogen-bond acceptors (Lipinski definition) is 5. The van der Waals surface area contributed by atoms with Crippen LogP contribution in [-0.2, 0) is 24.2 Å². The van der Waals surface area contributed by atoms with E-state index in [1.807, 2.05) is 0 Å². The molecule has 1 aromatic rings. The Balaban J connectivity index is 2.69. The lowest BCUT2D eigenvalue weighted by molar-refractivity contribution is 0.0166. The van der Waals surface area contributed by atoms with Crippen molar-refractivity contribution in [1.82, 2.24) is 0 Å². The molecule has 10 heteroatoms. The summed E-state index contributed by atoms with van der Waals surface area (Å²) in [7, 11) is -5.34. The van der Waals surface area contributed by atoms with E-state index in [0.717, 1.165) is 6.07 Å². The molecule has 0 radical (unpaired) electrons. The number of aryl methyl sites for hydroxylation is 1. The van der Waals surface area contributed by atoms with Crippen LogP contribution >= 0.6 is 23.5 Å². The molecule has 0 aromatic heterocycles. The Morgan fingerprint density at radius 1 is 1.38 bits per heavy atom. The molecule has 0 saturated heterocycles. The first-order valence-corrected chi connectivity index (χ1v) is 9.29. The van der Waals surface area contributed by atoms with Crippen LogP contribution in [0.15, 0.2) is 22.7 Å². The van der Waals surface area contributed by atoms with Gasteiger partial charge < -0.3 is 18.9 Å². The van der Waals surface area contributed by atoms with Crippen molar-refractivity contribution < 1.29 is 37.0 Å². The topological polar surface area (TPSA) is 82.1 Å². The third-order valence-corrected chi connectivity index (χ3v) is 4.84. The number of carbonyl (C=O) groups is 1. The summed E-state index contributed by atoms with van der Waals surface area (Å²) in [4.78, 5) is 20.7. The highest BCUT2D eigenvalue weighted by atomic mass is 79.9. The maximum Gasteiger partial charge on any atom is 0.508 e. The van der Waals surface area contributed by atoms with Gasteiger partial charge in [0.05, 0.1) is 12.7 Å². The van der Waals surface area contributed by atoms with E-state index in [2.05, 4.69) is 29.9 Å². The van der Waals surface area contributed by atoms with Crippen molar-refractivity contribution in [3.63, 3.8) is 0 Å². The van der Waals surface area contributed by atoms with Crippen LogP contribution in [-0.4, -0.2) is 30.4 Å². The molecule has 0 heterocycles. The monoisotopic (exact) mass is 430 g/mol. The van der Waals surface area contributed by atoms with E-state index in [4.69, 9.17) is 0 Å². The molecule has 1 rings (SSSR count). The fourth-order valence-electron chi connectivity index (χ4n) is 1.61. The van der Waals surface area contributed by atoms with Gasteiger partial charge in [0.2, 0.25) is 0 Å². The molecule has 0 fully saturated rings. The smallest absolute Gasteiger partial charge is 0.432 e. The summed E-state index contributed by atoms with van der Waals surface area (Å²) in [6.07, 6.45) is -1.43. The SMILES string of the molecule is Cc1ccc(C(F)(F)P(=O)(O)OCCOC(=O)OC(C)C)c(Br)c1. The van der Waals surface area contributed by atoms with Gasteiger partial charge in [-0.15, -0.1) is 0 Å². The molecule has 136 valence electrons. The van der Waals surface area contributed by atoms with Crippen molar-refractivity contribution in [2.45, 2.75) is 32.5 Å². The molecule has 0 amide bonds. The Morgan fingerprint density at radius 2 is 2.00 bits per heavy atom. The molecule has 6 nitrogen and oxygen atoms in total. The van der Waals surface area contributed by atoms with Crippen molar-refractivity contribution in [2.24, 2.45) is 0 Å². The zero-order chi connectivity index (χ0) is 18.5. The minimum absolute atomic E-state index is 0.0119. The predicted molar refractivity (Wildman–Crippen MR) is 86.1 cm³/mol. The van der Waals surface area contributed by atoms with Gasteiger partial charge in [0.1, 0.15) is 6.61 Å². The first kappa shape index (κ1) is 21.0. The van der Waals surface area contributed by atoms with Gasteiger partial charge in [0.15, 0.2) is 0 Å². The molecular weight excluding hydrogens is 413 g/mol. The van der Waals surface area contributed by atoms with Crippen molar-refractivity contribution in [3.05, 3.63) is 33.8 Å². The first-order valence-electron chi connectivity index (χ1n) is 6.92. The maximum absolute atomic E-state index is 14.3. The molecule has 0 aliphatic rings. The van der Waals surface area contributed by atoms with Gasteiger partial charge in [0, 0.05) is 10.0 Å². The fraction of sp³-hybridized carbons (Fsp3) is 0.500. The van der Waals surface area contributed by atoms with E-state index >= 15 is 0 Å². The highest BCUT2D eigenvalue weighted by Gasteiger charge is 2.53. The Hall–Kier alpha value is -1.02. The van der Waals surface area contributed by atoms with Crippen LogP contribution in [0.4, 0.5) is 13.6 Å². The van der Waals surface area contributed by atoms with Crippen LogP contribution < -0.4 is 0 Å². The Morgan fingerprint density at radius 3 is 2.54 bits per heavy atom. The molecule has 0 saturated carbocycles. The number of carbonyl (C=O) groups excluding carboxylic acids is 1. The summed E-state index contributed by atoms with van der Waals surface area (Å²) in [6, 6.07) is 3.83. The number of benzene rings is 1. The zero-order valence-electron chi connectivity index (χ0n) is 13.3. The van der Waals surface area contributed by atoms with Crippen LogP contribution in [0.25, 0.3) is 0 Å². The summed E-state index contributed by atoms with van der Waals surface area (Å²) >= 11 is 2.95. The van der Waals surface area contributed by atoms with Crippen LogP contribution in [0.5, 0.6) is 0 Å². The Kier molecular flexibility index (Phi) is 7.34. The van der Waals surface area contributed by atoms with Crippen LogP contribution in [0.2, 0.25) is 0 Å². The molecule has 1 N–H and O–H groups in total. The van der Waals surface area contributed by atoms with E-state index in [1.54, 1.807) is 20.8 Å². The fourth-order valence-corrected chi connectivity index (χ4v) is 3.49. The Labute approximate surface area is 146 Å². The number of halogens is 3. The second-order valence-electron chi connectivity index (χ2n) is 5.14. The van der Waals surface area contributed by atoms with Gasteiger partial charge in [-0.3, -0.25) is 4.57 Å². The molecule has 0 bridgehead atoms. The van der Waals surface area contributed by atoms with Gasteiger partial charge in [-0.1, -0.05) is 28.1 Å². The third kappa shape index (κ3) is 5.51. The summed E-state index contributed by atoms with van der Waals surface area (Å²) in [5.41, 5.74) is -4.09. The van der Waals surface area contributed by atoms with Crippen LogP contribution in [0.1, 0.15) is 25.0 Å². The van der Waals surface area contributed by atoms with Crippen molar-refractivity contribution >= 4 is 29.7 Å². The molecule has 0 aliphatic carbocycles. The van der Waals surface area contributed by atoms with Crippen molar-refractivity contribution in [1.29, 1.82) is 0 Å². The predicted octanol–water partition coefficient (Wildman–Crippen LogP) is 4.57. The van der Waals surface area contributed by atoms with Gasteiger partial charge in [-0.25, -0.2) is 4.79 Å².